The Hall–Kier alpha value is -2.22. The lowest BCUT2D eigenvalue weighted by Gasteiger charge is -2.17. The second-order valence-corrected chi connectivity index (χ2v) is 7.97. The van der Waals surface area contributed by atoms with E-state index >= 15 is 0 Å². The molecule has 1 aliphatic carbocycles. The summed E-state index contributed by atoms with van der Waals surface area (Å²) in [5, 5.41) is 2.20. The Morgan fingerprint density at radius 2 is 1.62 bits per heavy atom. The molecule has 0 radical (unpaired) electrons. The van der Waals surface area contributed by atoms with Crippen molar-refractivity contribution in [2.45, 2.75) is 45.1 Å². The van der Waals surface area contributed by atoms with E-state index in [4.69, 9.17) is 28.0 Å². The van der Waals surface area contributed by atoms with Gasteiger partial charge in [0.2, 0.25) is 0 Å². The highest BCUT2D eigenvalue weighted by Gasteiger charge is 2.13. The molecule has 2 aromatic carbocycles. The minimum absolute atomic E-state index is 0.452. The molecular formula is C22H24ClNO5. The van der Waals surface area contributed by atoms with Gasteiger partial charge in [-0.2, -0.15) is 14.0 Å². The normalized spacial score (nSPS) is 15.8. The van der Waals surface area contributed by atoms with Crippen molar-refractivity contribution >= 4 is 11.0 Å². The van der Waals surface area contributed by atoms with Crippen LogP contribution in [0.2, 0.25) is 0 Å². The number of fused-ring (bicyclic) bond motifs is 1. The molecule has 1 saturated carbocycles. The first kappa shape index (κ1) is 21.5. The monoisotopic (exact) mass is 417 g/mol. The maximum absolute atomic E-state index is 8.60. The second kappa shape index (κ2) is 9.52. The summed E-state index contributed by atoms with van der Waals surface area (Å²) >= 11 is 0. The molecule has 0 amide bonds. The van der Waals surface area contributed by atoms with Crippen molar-refractivity contribution in [1.82, 2.24) is 0 Å². The topological polar surface area (TPSA) is 115 Å². The fraction of sp³-hybridized carbons (Fsp3) is 0.318. The predicted octanol–water partition coefficient (Wildman–Crippen LogP) is 1.52. The van der Waals surface area contributed by atoms with E-state index in [0.717, 1.165) is 27.7 Å². The van der Waals surface area contributed by atoms with Gasteiger partial charge in [0.15, 0.2) is 0 Å². The Kier molecular flexibility index (Phi) is 7.05. The summed E-state index contributed by atoms with van der Waals surface area (Å²) in [7, 11) is -4.69. The molecule has 7 heteroatoms. The van der Waals surface area contributed by atoms with Crippen LogP contribution in [0.1, 0.15) is 37.7 Å². The van der Waals surface area contributed by atoms with Gasteiger partial charge in [-0.15, -0.1) is 0 Å². The van der Waals surface area contributed by atoms with E-state index in [-0.39, 0.29) is 0 Å². The van der Waals surface area contributed by atoms with Gasteiger partial charge in [0, 0.05) is 17.0 Å². The minimum atomic E-state index is -4.69. The highest BCUT2D eigenvalue weighted by atomic mass is 35.7. The van der Waals surface area contributed by atoms with E-state index in [9.17, 15) is 0 Å². The fourth-order valence-corrected chi connectivity index (χ4v) is 3.54. The third kappa shape index (κ3) is 6.66. The van der Waals surface area contributed by atoms with Gasteiger partial charge in [0.05, 0.1) is 26.3 Å². The number of benzene rings is 2. The van der Waals surface area contributed by atoms with Crippen molar-refractivity contribution < 1.29 is 33.3 Å². The highest BCUT2D eigenvalue weighted by molar-refractivity contribution is 5.79. The number of halogens is 1. The number of aryl methyl sites for hydroxylation is 1. The number of rotatable bonds is 2. The van der Waals surface area contributed by atoms with Crippen molar-refractivity contribution in [3.8, 4) is 11.3 Å². The predicted molar refractivity (Wildman–Crippen MR) is 101 cm³/mol. The SMILES string of the molecule is Cc1ccc2oc(-c3ccccc3)cc(=NC3CCCCC3)c2c1.[O-][Cl+3]([O-])([O-])O. The summed E-state index contributed by atoms with van der Waals surface area (Å²) in [5.74, 6) is 0.890. The molecule has 1 heterocycles. The Morgan fingerprint density at radius 3 is 2.28 bits per heavy atom. The van der Waals surface area contributed by atoms with Crippen LogP contribution in [0.4, 0.5) is 0 Å². The number of nitrogens with zero attached hydrogens (tertiary/aromatic N) is 1. The van der Waals surface area contributed by atoms with E-state index in [2.05, 4.69) is 43.3 Å². The zero-order valence-electron chi connectivity index (χ0n) is 16.2. The maximum atomic E-state index is 8.60. The number of hydrogen-bond acceptors (Lipinski definition) is 6. The first-order chi connectivity index (χ1) is 13.8. The third-order valence-electron chi connectivity index (χ3n) is 4.85. The fourth-order valence-electron chi connectivity index (χ4n) is 3.54. The van der Waals surface area contributed by atoms with Crippen molar-refractivity contribution in [1.29, 1.82) is 0 Å². The summed E-state index contributed by atoms with van der Waals surface area (Å²) in [6.07, 6.45) is 6.37. The molecule has 0 atom stereocenters. The van der Waals surface area contributed by atoms with E-state index < -0.39 is 10.2 Å². The molecule has 0 saturated heterocycles. The lowest BCUT2D eigenvalue weighted by Crippen LogP contribution is -2.58. The summed E-state index contributed by atoms with van der Waals surface area (Å²) in [4.78, 5) is 5.11. The largest absolute Gasteiger partial charge is 0.456 e. The van der Waals surface area contributed by atoms with E-state index in [1.54, 1.807) is 0 Å². The van der Waals surface area contributed by atoms with Crippen LogP contribution in [0.3, 0.4) is 0 Å². The van der Waals surface area contributed by atoms with Crippen LogP contribution in [0.15, 0.2) is 64.0 Å². The highest BCUT2D eigenvalue weighted by Crippen LogP contribution is 2.24. The van der Waals surface area contributed by atoms with Gasteiger partial charge in [0.25, 0.3) is 0 Å². The summed E-state index contributed by atoms with van der Waals surface area (Å²) in [6.45, 7) is 2.12. The first-order valence-electron chi connectivity index (χ1n) is 9.56. The lowest BCUT2D eigenvalue weighted by molar-refractivity contribution is -1.92. The average molecular weight is 418 g/mol. The van der Waals surface area contributed by atoms with Gasteiger partial charge in [-0.25, -0.2) is 0 Å². The van der Waals surface area contributed by atoms with E-state index in [1.807, 2.05) is 18.2 Å². The molecule has 1 aliphatic rings. The van der Waals surface area contributed by atoms with Gasteiger partial charge < -0.3 is 4.42 Å². The standard InChI is InChI=1S/C22H23NO.ClHO4/c1-16-12-13-21-19(14-16)20(23-18-10-6-3-7-11-18)15-22(24-21)17-8-4-2-5-9-17;2-1(3,4)5/h2,4-5,8-9,12-15,18H,3,6-7,10-11H2,1H3;(H,2,3,4,5). The van der Waals surface area contributed by atoms with E-state index in [1.165, 1.54) is 37.7 Å². The molecule has 0 spiro atoms. The molecule has 29 heavy (non-hydrogen) atoms. The molecule has 0 bridgehead atoms. The molecule has 4 rings (SSSR count). The average Bonchev–Trinajstić information content (AvgIpc) is 2.68. The summed E-state index contributed by atoms with van der Waals surface area (Å²) in [5.41, 5.74) is 3.25. The molecule has 1 fully saturated rings. The molecule has 154 valence electrons. The van der Waals surface area contributed by atoms with Gasteiger partial charge in [-0.3, -0.25) is 4.99 Å². The zero-order chi connectivity index (χ0) is 20.9. The first-order valence-corrected chi connectivity index (χ1v) is 10.8. The zero-order valence-corrected chi connectivity index (χ0v) is 17.0. The molecule has 1 aromatic heterocycles. The smallest absolute Gasteiger partial charge is 0.136 e. The maximum Gasteiger partial charge on any atom is 0.136 e. The molecule has 1 N–H and O–H groups in total. The van der Waals surface area contributed by atoms with Gasteiger partial charge in [-0.1, -0.05) is 61.2 Å². The van der Waals surface area contributed by atoms with Crippen molar-refractivity contribution in [2.24, 2.45) is 4.99 Å². The van der Waals surface area contributed by atoms with Crippen LogP contribution in [-0.4, -0.2) is 10.7 Å². The van der Waals surface area contributed by atoms with Crippen LogP contribution in [-0.2, 0) is 0 Å². The van der Waals surface area contributed by atoms with Crippen LogP contribution in [0.5, 0.6) is 0 Å². The Labute approximate surface area is 171 Å². The van der Waals surface area contributed by atoms with Gasteiger partial charge in [0.1, 0.15) is 11.3 Å². The summed E-state index contributed by atoms with van der Waals surface area (Å²) < 4.78 is 38.9. The summed E-state index contributed by atoms with van der Waals surface area (Å²) in [6, 6.07) is 19.2. The second-order valence-electron chi connectivity index (χ2n) is 7.18. The Morgan fingerprint density at radius 1 is 0.966 bits per heavy atom. The van der Waals surface area contributed by atoms with Gasteiger partial charge >= 0.3 is 0 Å². The third-order valence-corrected chi connectivity index (χ3v) is 4.85. The molecule has 6 nitrogen and oxygen atoms in total. The molecule has 0 unspecified atom stereocenters. The minimum Gasteiger partial charge on any atom is -0.456 e. The van der Waals surface area contributed by atoms with Crippen molar-refractivity contribution in [3.05, 3.63) is 65.5 Å². The van der Waals surface area contributed by atoms with Crippen molar-refractivity contribution in [2.75, 3.05) is 0 Å². The van der Waals surface area contributed by atoms with Crippen LogP contribution < -0.4 is 19.3 Å². The molecular weight excluding hydrogens is 394 g/mol. The molecule has 3 aromatic rings. The number of hydrogen-bond donors (Lipinski definition) is 1. The van der Waals surface area contributed by atoms with Crippen LogP contribution in [0, 0.1) is 17.2 Å². The Balaban J connectivity index is 0.000000431. The lowest BCUT2D eigenvalue weighted by atomic mass is 9.96. The van der Waals surface area contributed by atoms with Gasteiger partial charge in [-0.05, 0) is 31.9 Å². The van der Waals surface area contributed by atoms with Crippen molar-refractivity contribution in [3.63, 3.8) is 0 Å². The Bertz CT molecular complexity index is 999. The van der Waals surface area contributed by atoms with Crippen LogP contribution in [0.25, 0.3) is 22.3 Å². The van der Waals surface area contributed by atoms with E-state index in [0.29, 0.717) is 6.04 Å². The van der Waals surface area contributed by atoms with Crippen LogP contribution >= 0.6 is 0 Å². The quantitative estimate of drug-likeness (QED) is 0.678. The molecule has 0 aliphatic heterocycles.